The van der Waals surface area contributed by atoms with Gasteiger partial charge in [0.2, 0.25) is 11.8 Å². The largest absolute Gasteiger partial charge is 0.493 e. The molecule has 1 fully saturated rings. The first-order valence-electron chi connectivity index (χ1n) is 10.8. The quantitative estimate of drug-likeness (QED) is 0.565. The van der Waals surface area contributed by atoms with Gasteiger partial charge < -0.3 is 20.1 Å². The van der Waals surface area contributed by atoms with Crippen LogP contribution >= 0.6 is 23.4 Å². The van der Waals surface area contributed by atoms with Gasteiger partial charge in [-0.2, -0.15) is 0 Å². The number of halogens is 1. The normalized spacial score (nSPS) is 19.1. The molecule has 8 heteroatoms. The van der Waals surface area contributed by atoms with Gasteiger partial charge in [0.15, 0.2) is 11.5 Å². The zero-order valence-corrected chi connectivity index (χ0v) is 19.7. The molecule has 0 radical (unpaired) electrons. The van der Waals surface area contributed by atoms with Gasteiger partial charge in [0.05, 0.1) is 30.2 Å². The fourth-order valence-electron chi connectivity index (χ4n) is 4.05. The van der Waals surface area contributed by atoms with Crippen molar-refractivity contribution in [2.24, 2.45) is 0 Å². The Morgan fingerprint density at radius 3 is 2.75 bits per heavy atom. The summed E-state index contributed by atoms with van der Waals surface area (Å²) in [7, 11) is 1.62. The number of anilines is 1. The number of thioether (sulfide) groups is 1. The minimum atomic E-state index is -0.493. The number of ether oxygens (including phenoxy) is 2. The highest BCUT2D eigenvalue weighted by Gasteiger charge is 2.29. The number of nitrogens with one attached hydrogen (secondary N) is 2. The Balaban J connectivity index is 1.37. The van der Waals surface area contributed by atoms with Crippen LogP contribution in [0.4, 0.5) is 5.69 Å². The molecule has 0 bridgehead atoms. The van der Waals surface area contributed by atoms with Crippen LogP contribution in [-0.2, 0) is 9.59 Å². The number of hydrogen-bond acceptors (Lipinski definition) is 5. The molecule has 0 spiro atoms. The first kappa shape index (κ1) is 22.8. The summed E-state index contributed by atoms with van der Waals surface area (Å²) < 4.78 is 11.6. The summed E-state index contributed by atoms with van der Waals surface area (Å²) in [6, 6.07) is 10.9. The Morgan fingerprint density at radius 1 is 1.22 bits per heavy atom. The molecule has 6 nitrogen and oxygen atoms in total. The van der Waals surface area contributed by atoms with Gasteiger partial charge in [0.1, 0.15) is 0 Å². The number of hydrogen-bond donors (Lipinski definition) is 2. The third-order valence-corrected chi connectivity index (χ3v) is 7.30. The van der Waals surface area contributed by atoms with Gasteiger partial charge in [0, 0.05) is 16.3 Å². The minimum Gasteiger partial charge on any atom is -0.493 e. The molecule has 2 N–H and O–H groups in total. The van der Waals surface area contributed by atoms with E-state index in [2.05, 4.69) is 10.6 Å². The number of carbonyl (C=O) groups is 2. The molecule has 2 aromatic carbocycles. The van der Waals surface area contributed by atoms with Crippen LogP contribution in [0, 0.1) is 0 Å². The van der Waals surface area contributed by atoms with Crippen molar-refractivity contribution < 1.29 is 19.1 Å². The topological polar surface area (TPSA) is 76.7 Å². The first-order chi connectivity index (χ1) is 15.4. The lowest BCUT2D eigenvalue weighted by Gasteiger charge is -2.24. The molecule has 32 heavy (non-hydrogen) atoms. The molecule has 2 aromatic rings. The number of methoxy groups -OCH3 is 1. The lowest BCUT2D eigenvalue weighted by Crippen LogP contribution is -2.35. The summed E-state index contributed by atoms with van der Waals surface area (Å²) in [5, 5.41) is 5.90. The Hall–Kier alpha value is -2.38. The fraction of sp³-hybridized carbons (Fsp3) is 0.417. The second-order valence-corrected chi connectivity index (χ2v) is 9.85. The summed E-state index contributed by atoms with van der Waals surface area (Å²) in [5.74, 6) is 1.01. The van der Waals surface area contributed by atoms with Crippen LogP contribution in [0.2, 0.25) is 5.02 Å². The highest BCUT2D eigenvalue weighted by Crippen LogP contribution is 2.38. The third kappa shape index (κ3) is 5.33. The molecule has 2 aliphatic rings. The lowest BCUT2D eigenvalue weighted by atomic mass is 10.1. The van der Waals surface area contributed by atoms with Crippen molar-refractivity contribution in [3.05, 3.63) is 47.0 Å². The number of rotatable bonds is 7. The zero-order chi connectivity index (χ0) is 22.7. The van der Waals surface area contributed by atoms with Crippen molar-refractivity contribution >= 4 is 40.9 Å². The molecule has 0 aromatic heterocycles. The highest BCUT2D eigenvalue weighted by atomic mass is 35.5. The summed E-state index contributed by atoms with van der Waals surface area (Å²) in [4.78, 5) is 26.0. The van der Waals surface area contributed by atoms with E-state index >= 15 is 0 Å². The van der Waals surface area contributed by atoms with Crippen molar-refractivity contribution in [2.75, 3.05) is 12.4 Å². The second kappa shape index (κ2) is 10.0. The number of carbonyl (C=O) groups excluding carboxylic acids is 2. The molecular formula is C24H27ClN2O4S. The van der Waals surface area contributed by atoms with Gasteiger partial charge in [-0.15, -0.1) is 11.8 Å². The van der Waals surface area contributed by atoms with Gasteiger partial charge in [-0.05, 0) is 68.5 Å². The van der Waals surface area contributed by atoms with Crippen molar-refractivity contribution in [3.8, 4) is 11.5 Å². The predicted molar refractivity (Wildman–Crippen MR) is 127 cm³/mol. The number of amides is 2. The summed E-state index contributed by atoms with van der Waals surface area (Å²) in [6.45, 7) is 1.91. The van der Waals surface area contributed by atoms with Crippen molar-refractivity contribution in [1.82, 2.24) is 5.32 Å². The maximum absolute atomic E-state index is 12.7. The number of fused-ring (bicyclic) bond motifs is 1. The second-order valence-electron chi connectivity index (χ2n) is 8.16. The van der Waals surface area contributed by atoms with Gasteiger partial charge in [-0.25, -0.2) is 0 Å². The van der Waals surface area contributed by atoms with E-state index in [9.17, 15) is 9.59 Å². The maximum atomic E-state index is 12.7. The Bertz CT molecular complexity index is 1010. The van der Waals surface area contributed by atoms with Gasteiger partial charge in [-0.1, -0.05) is 17.7 Å². The lowest BCUT2D eigenvalue weighted by molar-refractivity contribution is -0.124. The summed E-state index contributed by atoms with van der Waals surface area (Å²) >= 11 is 7.37. The van der Waals surface area contributed by atoms with Crippen LogP contribution < -0.4 is 20.1 Å². The maximum Gasteiger partial charge on any atom is 0.238 e. The molecule has 2 unspecified atom stereocenters. The van der Waals surface area contributed by atoms with Crippen molar-refractivity contribution in [2.45, 2.75) is 61.3 Å². The van der Waals surface area contributed by atoms with Crippen LogP contribution in [0.1, 0.15) is 50.6 Å². The average Bonchev–Trinajstić information content (AvgIpc) is 3.27. The Kier molecular flexibility index (Phi) is 7.16. The van der Waals surface area contributed by atoms with E-state index in [1.54, 1.807) is 19.2 Å². The van der Waals surface area contributed by atoms with Crippen LogP contribution in [0.3, 0.4) is 0 Å². The zero-order valence-electron chi connectivity index (χ0n) is 18.2. The fourth-order valence-corrected chi connectivity index (χ4v) is 5.31. The third-order valence-electron chi connectivity index (χ3n) is 5.79. The molecule has 4 rings (SSSR count). The SMILES string of the molecule is COc1cc(C(C)NC(=O)CC2Sc3ccc(Cl)cc3NC2=O)ccc1OC1CCCC1. The van der Waals surface area contributed by atoms with E-state index in [0.717, 1.165) is 29.1 Å². The van der Waals surface area contributed by atoms with Crippen molar-refractivity contribution in [3.63, 3.8) is 0 Å². The highest BCUT2D eigenvalue weighted by molar-refractivity contribution is 8.01. The molecule has 170 valence electrons. The van der Waals surface area contributed by atoms with E-state index in [1.165, 1.54) is 24.6 Å². The van der Waals surface area contributed by atoms with Crippen LogP contribution in [-0.4, -0.2) is 30.3 Å². The Morgan fingerprint density at radius 2 is 2.00 bits per heavy atom. The van der Waals surface area contributed by atoms with E-state index < -0.39 is 5.25 Å². The van der Waals surface area contributed by atoms with Crippen LogP contribution in [0.5, 0.6) is 11.5 Å². The van der Waals surface area contributed by atoms with Gasteiger partial charge in [0.25, 0.3) is 0 Å². The molecule has 1 saturated carbocycles. The van der Waals surface area contributed by atoms with Gasteiger partial charge >= 0.3 is 0 Å². The minimum absolute atomic E-state index is 0.0862. The van der Waals surface area contributed by atoms with Gasteiger partial charge in [-0.3, -0.25) is 9.59 Å². The standard InChI is InChI=1S/C24H27ClN2O4S/c1-14(15-7-9-19(20(11-15)30-2)31-17-5-3-4-6-17)26-23(28)13-22-24(29)27-18-12-16(25)8-10-21(18)32-22/h7-12,14,17,22H,3-6,13H2,1-2H3,(H,26,28)(H,27,29). The molecular weight excluding hydrogens is 448 g/mol. The molecule has 1 aliphatic carbocycles. The van der Waals surface area contributed by atoms with Crippen LogP contribution in [0.25, 0.3) is 0 Å². The summed E-state index contributed by atoms with van der Waals surface area (Å²) in [5.41, 5.74) is 1.60. The number of benzene rings is 2. The molecule has 1 heterocycles. The first-order valence-corrected chi connectivity index (χ1v) is 12.1. The predicted octanol–water partition coefficient (Wildman–Crippen LogP) is 5.35. The van der Waals surface area contributed by atoms with E-state index in [-0.39, 0.29) is 30.4 Å². The monoisotopic (exact) mass is 474 g/mol. The molecule has 2 amide bonds. The Labute approximate surface area is 197 Å². The molecule has 1 aliphatic heterocycles. The molecule has 0 saturated heterocycles. The molecule has 2 atom stereocenters. The van der Waals surface area contributed by atoms with E-state index in [1.807, 2.05) is 31.2 Å². The van der Waals surface area contributed by atoms with Crippen LogP contribution in [0.15, 0.2) is 41.3 Å². The van der Waals surface area contributed by atoms with E-state index in [4.69, 9.17) is 21.1 Å². The van der Waals surface area contributed by atoms with Crippen molar-refractivity contribution in [1.29, 1.82) is 0 Å². The average molecular weight is 475 g/mol. The summed E-state index contributed by atoms with van der Waals surface area (Å²) in [6.07, 6.45) is 4.87. The smallest absolute Gasteiger partial charge is 0.238 e. The van der Waals surface area contributed by atoms with E-state index in [0.29, 0.717) is 16.5 Å².